The van der Waals surface area contributed by atoms with Gasteiger partial charge in [-0.1, -0.05) is 46.3 Å². The molecule has 0 saturated carbocycles. The molecule has 0 saturated heterocycles. The third-order valence-electron chi connectivity index (χ3n) is 3.23. The highest BCUT2D eigenvalue weighted by molar-refractivity contribution is 9.09. The molecule has 128 valence electrons. The summed E-state index contributed by atoms with van der Waals surface area (Å²) in [4.78, 5) is 24.5. The molecular weight excluding hydrogens is 376 g/mol. The molecule has 23 heavy (non-hydrogen) atoms. The lowest BCUT2D eigenvalue weighted by molar-refractivity contribution is -0.128. The average molecular weight is 402 g/mol. The van der Waals surface area contributed by atoms with E-state index in [2.05, 4.69) is 26.6 Å². The molecule has 1 unspecified atom stereocenters. The Morgan fingerprint density at radius 2 is 1.87 bits per heavy atom. The molecule has 0 aliphatic carbocycles. The molecule has 0 aliphatic heterocycles. The number of amides is 2. The lowest BCUT2D eigenvalue weighted by Gasteiger charge is -2.34. The Bertz CT molecular complexity index is 553. The maximum Gasteiger partial charge on any atom is 0.244 e. The van der Waals surface area contributed by atoms with Gasteiger partial charge in [0.25, 0.3) is 0 Å². The summed E-state index contributed by atoms with van der Waals surface area (Å²) in [5, 5.41) is 4.44. The van der Waals surface area contributed by atoms with E-state index in [-0.39, 0.29) is 11.9 Å². The standard InChI is InChI=1S/C17H25BrN2O2S/c1-12(2)19-16(22)15(20-14(21)10-18)17(3,4)23-11-13-8-6-5-7-9-13/h5-9,12,15H,10-11H2,1-4H3,(H,19,22)(H,20,21)/t15-/m1/s1/i10D/t10?,15-. The fourth-order valence-corrected chi connectivity index (χ4v) is 3.22. The Balaban J connectivity index is 2.88. The van der Waals surface area contributed by atoms with Crippen LogP contribution in [0.1, 0.15) is 34.6 Å². The minimum atomic E-state index is -1.10. The van der Waals surface area contributed by atoms with Crippen LogP contribution < -0.4 is 10.6 Å². The third-order valence-corrected chi connectivity index (χ3v) is 5.10. The largest absolute Gasteiger partial charge is 0.352 e. The number of alkyl halides is 1. The second-order valence-electron chi connectivity index (χ2n) is 6.09. The van der Waals surface area contributed by atoms with Crippen molar-refractivity contribution in [2.75, 3.05) is 5.31 Å². The van der Waals surface area contributed by atoms with Crippen molar-refractivity contribution >= 4 is 39.5 Å². The van der Waals surface area contributed by atoms with Gasteiger partial charge < -0.3 is 10.6 Å². The van der Waals surface area contributed by atoms with E-state index < -0.39 is 22.0 Å². The van der Waals surface area contributed by atoms with Crippen molar-refractivity contribution in [1.29, 1.82) is 0 Å². The van der Waals surface area contributed by atoms with Crippen LogP contribution in [0.2, 0.25) is 0 Å². The highest BCUT2D eigenvalue weighted by atomic mass is 79.9. The number of thioether (sulfide) groups is 1. The Kier molecular flexibility index (Phi) is 7.43. The van der Waals surface area contributed by atoms with Gasteiger partial charge in [-0.15, -0.1) is 11.8 Å². The molecule has 1 aromatic rings. The molecule has 1 aromatic carbocycles. The van der Waals surface area contributed by atoms with Gasteiger partial charge in [-0.05, 0) is 33.3 Å². The normalized spacial score (nSPS) is 14.8. The highest BCUT2D eigenvalue weighted by Gasteiger charge is 2.37. The molecule has 2 amide bonds. The minimum Gasteiger partial charge on any atom is -0.352 e. The SMILES string of the molecule is [2H]C(Br)C(=O)N[C@H](C(=O)NC(C)C)C(C)(C)SCc1ccccc1. The smallest absolute Gasteiger partial charge is 0.244 e. The molecule has 4 nitrogen and oxygen atoms in total. The third kappa shape index (κ3) is 6.96. The van der Waals surface area contributed by atoms with Crippen LogP contribution in [-0.4, -0.2) is 34.0 Å². The summed E-state index contributed by atoms with van der Waals surface area (Å²) in [6.45, 7) is 7.61. The number of halogens is 1. The van der Waals surface area contributed by atoms with E-state index in [0.717, 1.165) is 11.3 Å². The molecule has 0 aromatic heterocycles. The van der Waals surface area contributed by atoms with Crippen LogP contribution in [0.3, 0.4) is 0 Å². The molecule has 0 heterocycles. The summed E-state index contributed by atoms with van der Waals surface area (Å²) in [6.07, 6.45) is 0. The van der Waals surface area contributed by atoms with Gasteiger partial charge in [0.1, 0.15) is 6.04 Å². The summed E-state index contributed by atoms with van der Waals surface area (Å²) in [5.74, 6) is -0.0299. The van der Waals surface area contributed by atoms with Gasteiger partial charge in [-0.25, -0.2) is 0 Å². The first kappa shape index (κ1) is 18.3. The number of hydrogen-bond donors (Lipinski definition) is 2. The van der Waals surface area contributed by atoms with Crippen molar-refractivity contribution in [3.63, 3.8) is 0 Å². The zero-order valence-electron chi connectivity index (χ0n) is 14.9. The molecule has 0 aliphatic rings. The predicted molar refractivity (Wildman–Crippen MR) is 101 cm³/mol. The second-order valence-corrected chi connectivity index (χ2v) is 8.18. The topological polar surface area (TPSA) is 58.2 Å². The van der Waals surface area contributed by atoms with Gasteiger partial charge in [0.15, 0.2) is 0 Å². The van der Waals surface area contributed by atoms with Crippen LogP contribution in [0.15, 0.2) is 30.3 Å². The summed E-state index contributed by atoms with van der Waals surface area (Å²) in [6, 6.07) is 9.22. The Morgan fingerprint density at radius 1 is 1.26 bits per heavy atom. The fourth-order valence-electron chi connectivity index (χ4n) is 2.02. The lowest BCUT2D eigenvalue weighted by Crippen LogP contribution is -2.57. The summed E-state index contributed by atoms with van der Waals surface area (Å²) >= 11 is 4.52. The number of hydrogen-bond acceptors (Lipinski definition) is 3. The zero-order chi connectivity index (χ0) is 18.3. The maximum absolute atomic E-state index is 12.6. The Hall–Kier alpha value is -1.01. The summed E-state index contributed by atoms with van der Waals surface area (Å²) in [5.41, 5.74) is 1.16. The van der Waals surface area contributed by atoms with E-state index in [1.54, 1.807) is 11.8 Å². The average Bonchev–Trinajstić information content (AvgIpc) is 2.50. The van der Waals surface area contributed by atoms with Crippen molar-refractivity contribution in [1.82, 2.24) is 10.6 Å². The Morgan fingerprint density at radius 3 is 2.39 bits per heavy atom. The minimum absolute atomic E-state index is 0.0254. The number of carbonyl (C=O) groups is 2. The number of carbonyl (C=O) groups excluding carboxylic acids is 2. The second kappa shape index (κ2) is 9.33. The van der Waals surface area contributed by atoms with Gasteiger partial charge in [-0.2, -0.15) is 0 Å². The van der Waals surface area contributed by atoms with Gasteiger partial charge in [0.05, 0.1) is 5.31 Å². The molecular formula is C17H25BrN2O2S. The molecule has 0 bridgehead atoms. The first-order valence-corrected chi connectivity index (χ1v) is 9.38. The molecule has 0 fully saturated rings. The molecule has 1 rings (SSSR count). The highest BCUT2D eigenvalue weighted by Crippen LogP contribution is 2.31. The summed E-state index contributed by atoms with van der Waals surface area (Å²) in [7, 11) is 0. The fraction of sp³-hybridized carbons (Fsp3) is 0.529. The van der Waals surface area contributed by atoms with Crippen LogP contribution in [-0.2, 0) is 15.3 Å². The van der Waals surface area contributed by atoms with Crippen LogP contribution in [0.5, 0.6) is 0 Å². The van der Waals surface area contributed by atoms with E-state index in [1.165, 1.54) is 0 Å². The van der Waals surface area contributed by atoms with E-state index in [9.17, 15) is 9.59 Å². The maximum atomic E-state index is 12.6. The van der Waals surface area contributed by atoms with Gasteiger partial charge in [0.2, 0.25) is 11.8 Å². The van der Waals surface area contributed by atoms with Crippen molar-refractivity contribution in [2.24, 2.45) is 0 Å². The molecule has 0 spiro atoms. The van der Waals surface area contributed by atoms with Crippen LogP contribution in [0, 0.1) is 0 Å². The lowest BCUT2D eigenvalue weighted by atomic mass is 10.0. The number of nitrogens with one attached hydrogen (secondary N) is 2. The van der Waals surface area contributed by atoms with Crippen molar-refractivity contribution in [3.8, 4) is 0 Å². The quantitative estimate of drug-likeness (QED) is 0.657. The first-order valence-electron chi connectivity index (χ1n) is 8.06. The van der Waals surface area contributed by atoms with Crippen molar-refractivity contribution < 1.29 is 11.0 Å². The number of rotatable bonds is 8. The van der Waals surface area contributed by atoms with Crippen LogP contribution >= 0.6 is 27.7 Å². The summed E-state index contributed by atoms with van der Waals surface area (Å²) < 4.78 is 6.93. The number of benzene rings is 1. The van der Waals surface area contributed by atoms with Gasteiger partial charge in [0, 0.05) is 17.9 Å². The van der Waals surface area contributed by atoms with E-state index in [0.29, 0.717) is 0 Å². The molecule has 2 N–H and O–H groups in total. The van der Waals surface area contributed by atoms with E-state index in [4.69, 9.17) is 1.37 Å². The molecule has 2 atom stereocenters. The van der Waals surface area contributed by atoms with E-state index in [1.807, 2.05) is 58.0 Å². The molecule has 0 radical (unpaired) electrons. The Labute approximate surface area is 152 Å². The van der Waals surface area contributed by atoms with Gasteiger partial charge >= 0.3 is 0 Å². The zero-order valence-corrected chi connectivity index (χ0v) is 16.3. The van der Waals surface area contributed by atoms with Crippen molar-refractivity contribution in [2.45, 2.75) is 50.3 Å². The van der Waals surface area contributed by atoms with Crippen LogP contribution in [0.4, 0.5) is 0 Å². The van der Waals surface area contributed by atoms with Crippen molar-refractivity contribution in [3.05, 3.63) is 35.9 Å². The predicted octanol–water partition coefficient (Wildman–Crippen LogP) is 3.10. The molecule has 6 heteroatoms. The van der Waals surface area contributed by atoms with E-state index >= 15 is 0 Å². The van der Waals surface area contributed by atoms with Crippen LogP contribution in [0.25, 0.3) is 0 Å². The van der Waals surface area contributed by atoms with Gasteiger partial charge in [-0.3, -0.25) is 9.59 Å². The first-order chi connectivity index (χ1) is 11.1. The monoisotopic (exact) mass is 401 g/mol.